The Balaban J connectivity index is 1.87. The molecule has 6 heteroatoms. The highest BCUT2D eigenvalue weighted by Crippen LogP contribution is 2.29. The van der Waals surface area contributed by atoms with Gasteiger partial charge in [0.05, 0.1) is 11.1 Å². The maximum atomic E-state index is 13.1. The molecule has 0 bridgehead atoms. The molecular formula is C24H18N2O4. The first kappa shape index (κ1) is 19.1. The Kier molecular flexibility index (Phi) is 5.13. The van der Waals surface area contributed by atoms with E-state index in [2.05, 4.69) is 5.32 Å². The normalized spacial score (nSPS) is 10.6. The van der Waals surface area contributed by atoms with Crippen LogP contribution in [0.15, 0.2) is 89.7 Å². The minimum atomic E-state index is -0.650. The fourth-order valence-corrected chi connectivity index (χ4v) is 3.21. The molecular weight excluding hydrogens is 380 g/mol. The smallest absolute Gasteiger partial charge is 0.343 e. The molecule has 0 radical (unpaired) electrons. The summed E-state index contributed by atoms with van der Waals surface area (Å²) in [6.07, 6.45) is 0. The van der Waals surface area contributed by atoms with Crippen LogP contribution in [-0.4, -0.2) is 16.4 Å². The van der Waals surface area contributed by atoms with E-state index in [4.69, 9.17) is 4.74 Å². The molecule has 0 saturated carbocycles. The molecule has 4 rings (SSSR count). The highest BCUT2D eigenvalue weighted by Gasteiger charge is 2.25. The molecule has 0 unspecified atom stereocenters. The number of nitrogens with one attached hydrogen (secondary N) is 1. The predicted molar refractivity (Wildman–Crippen MR) is 115 cm³/mol. The number of hydrogen-bond donors (Lipinski definition) is 1. The Labute approximate surface area is 172 Å². The quantitative estimate of drug-likeness (QED) is 0.527. The summed E-state index contributed by atoms with van der Waals surface area (Å²) >= 11 is 0. The summed E-state index contributed by atoms with van der Waals surface area (Å²) in [4.78, 5) is 38.8. The van der Waals surface area contributed by atoms with Crippen LogP contribution in [0, 0.1) is 0 Å². The number of para-hydroxylation sites is 2. The van der Waals surface area contributed by atoms with E-state index in [1.165, 1.54) is 4.57 Å². The van der Waals surface area contributed by atoms with Gasteiger partial charge in [-0.1, -0.05) is 48.5 Å². The second kappa shape index (κ2) is 8.05. The van der Waals surface area contributed by atoms with Crippen LogP contribution in [0.4, 0.5) is 5.69 Å². The number of ether oxygens (including phenoxy) is 1. The van der Waals surface area contributed by atoms with Crippen molar-refractivity contribution in [1.82, 2.24) is 4.57 Å². The second-order valence-corrected chi connectivity index (χ2v) is 6.66. The zero-order valence-corrected chi connectivity index (χ0v) is 16.2. The number of nitrogens with zero attached hydrogens (tertiary/aromatic N) is 1. The van der Waals surface area contributed by atoms with Crippen molar-refractivity contribution in [2.75, 3.05) is 5.32 Å². The molecule has 4 aromatic rings. The van der Waals surface area contributed by atoms with Gasteiger partial charge in [-0.3, -0.25) is 9.59 Å². The highest BCUT2D eigenvalue weighted by atomic mass is 16.5. The Hall–Kier alpha value is -4.19. The second-order valence-electron chi connectivity index (χ2n) is 6.66. The number of esters is 1. The summed E-state index contributed by atoms with van der Waals surface area (Å²) in [5.74, 6) is -1.36. The lowest BCUT2D eigenvalue weighted by Gasteiger charge is -2.15. The van der Waals surface area contributed by atoms with Crippen molar-refractivity contribution in [3.63, 3.8) is 0 Å². The van der Waals surface area contributed by atoms with Gasteiger partial charge in [-0.2, -0.15) is 0 Å². The number of aromatic nitrogens is 1. The van der Waals surface area contributed by atoms with Crippen LogP contribution < -0.4 is 15.6 Å². The Bertz CT molecular complexity index is 1300. The van der Waals surface area contributed by atoms with E-state index in [0.29, 0.717) is 22.2 Å². The van der Waals surface area contributed by atoms with Crippen LogP contribution in [-0.2, 0) is 7.05 Å². The van der Waals surface area contributed by atoms with Gasteiger partial charge in [-0.05, 0) is 36.4 Å². The van der Waals surface area contributed by atoms with Crippen LogP contribution in [0.2, 0.25) is 0 Å². The van der Waals surface area contributed by atoms with Gasteiger partial charge in [-0.25, -0.2) is 4.79 Å². The van der Waals surface area contributed by atoms with Crippen molar-refractivity contribution in [3.8, 4) is 5.75 Å². The Morgan fingerprint density at radius 1 is 0.833 bits per heavy atom. The van der Waals surface area contributed by atoms with Crippen molar-refractivity contribution >= 4 is 28.5 Å². The number of amides is 1. The standard InChI is InChI=1S/C24H18N2O4/c1-26-19-15-9-8-14-18(19)21(30-24(29)16-10-4-2-5-11-16)20(23(26)28)22(27)25-17-12-6-3-7-13-17/h2-15H,1H3,(H,25,27). The zero-order valence-electron chi connectivity index (χ0n) is 16.2. The average Bonchev–Trinajstić information content (AvgIpc) is 2.78. The molecule has 148 valence electrons. The molecule has 0 saturated heterocycles. The van der Waals surface area contributed by atoms with Gasteiger partial charge in [0.25, 0.3) is 11.5 Å². The zero-order chi connectivity index (χ0) is 21.1. The van der Waals surface area contributed by atoms with Crippen molar-refractivity contribution in [2.45, 2.75) is 0 Å². The van der Waals surface area contributed by atoms with E-state index in [1.54, 1.807) is 85.9 Å². The first-order valence-electron chi connectivity index (χ1n) is 9.31. The summed E-state index contributed by atoms with van der Waals surface area (Å²) in [6.45, 7) is 0. The van der Waals surface area contributed by atoms with Crippen LogP contribution in [0.5, 0.6) is 5.75 Å². The van der Waals surface area contributed by atoms with E-state index in [0.717, 1.165) is 0 Å². The van der Waals surface area contributed by atoms with Gasteiger partial charge in [0.2, 0.25) is 0 Å². The number of hydrogen-bond acceptors (Lipinski definition) is 4. The summed E-state index contributed by atoms with van der Waals surface area (Å²) in [5, 5.41) is 3.19. The van der Waals surface area contributed by atoms with Crippen molar-refractivity contribution in [1.29, 1.82) is 0 Å². The van der Waals surface area contributed by atoms with Crippen LogP contribution >= 0.6 is 0 Å². The van der Waals surface area contributed by atoms with Gasteiger partial charge in [0.1, 0.15) is 5.56 Å². The minimum absolute atomic E-state index is 0.0593. The largest absolute Gasteiger partial charge is 0.421 e. The molecule has 3 aromatic carbocycles. The third-order valence-electron chi connectivity index (χ3n) is 4.72. The molecule has 1 heterocycles. The van der Waals surface area contributed by atoms with E-state index in [9.17, 15) is 14.4 Å². The van der Waals surface area contributed by atoms with Gasteiger partial charge in [0.15, 0.2) is 5.75 Å². The number of pyridine rings is 1. The molecule has 0 aliphatic carbocycles. The maximum Gasteiger partial charge on any atom is 0.343 e. The topological polar surface area (TPSA) is 77.4 Å². The van der Waals surface area contributed by atoms with E-state index >= 15 is 0 Å². The predicted octanol–water partition coefficient (Wildman–Crippen LogP) is 4.01. The number of rotatable bonds is 4. The van der Waals surface area contributed by atoms with Gasteiger partial charge in [0, 0.05) is 18.1 Å². The van der Waals surface area contributed by atoms with E-state index < -0.39 is 17.4 Å². The number of carbonyl (C=O) groups excluding carboxylic acids is 2. The van der Waals surface area contributed by atoms with Gasteiger partial charge >= 0.3 is 5.97 Å². The fourth-order valence-electron chi connectivity index (χ4n) is 3.21. The average molecular weight is 398 g/mol. The lowest BCUT2D eigenvalue weighted by Crippen LogP contribution is -2.30. The number of carbonyl (C=O) groups is 2. The molecule has 1 aromatic heterocycles. The molecule has 0 aliphatic rings. The lowest BCUT2D eigenvalue weighted by molar-refractivity contribution is 0.0735. The third-order valence-corrected chi connectivity index (χ3v) is 4.72. The molecule has 6 nitrogen and oxygen atoms in total. The summed E-state index contributed by atoms with van der Waals surface area (Å²) in [6, 6.07) is 24.2. The van der Waals surface area contributed by atoms with Crippen LogP contribution in [0.3, 0.4) is 0 Å². The van der Waals surface area contributed by atoms with Crippen molar-refractivity contribution in [3.05, 3.63) is 106 Å². The summed E-state index contributed by atoms with van der Waals surface area (Å²) in [7, 11) is 1.58. The molecule has 0 fully saturated rings. The van der Waals surface area contributed by atoms with E-state index in [1.807, 2.05) is 6.07 Å². The SMILES string of the molecule is Cn1c(=O)c(C(=O)Nc2ccccc2)c(OC(=O)c2ccccc2)c2ccccc21. The van der Waals surface area contributed by atoms with Crippen LogP contribution in [0.1, 0.15) is 20.7 Å². The summed E-state index contributed by atoms with van der Waals surface area (Å²) < 4.78 is 7.00. The molecule has 30 heavy (non-hydrogen) atoms. The first-order chi connectivity index (χ1) is 14.6. The van der Waals surface area contributed by atoms with Crippen molar-refractivity contribution in [2.24, 2.45) is 7.05 Å². The number of anilines is 1. The van der Waals surface area contributed by atoms with Gasteiger partial charge in [-0.15, -0.1) is 0 Å². The lowest BCUT2D eigenvalue weighted by atomic mass is 10.1. The fraction of sp³-hybridized carbons (Fsp3) is 0.0417. The molecule has 1 N–H and O–H groups in total. The number of aryl methyl sites for hydroxylation is 1. The van der Waals surface area contributed by atoms with Crippen molar-refractivity contribution < 1.29 is 14.3 Å². The highest BCUT2D eigenvalue weighted by molar-refractivity contribution is 6.10. The Morgan fingerprint density at radius 2 is 1.43 bits per heavy atom. The first-order valence-corrected chi connectivity index (χ1v) is 9.31. The monoisotopic (exact) mass is 398 g/mol. The summed E-state index contributed by atoms with van der Waals surface area (Å²) in [5.41, 5.74) is 0.603. The molecule has 0 atom stereocenters. The minimum Gasteiger partial charge on any atom is -0.421 e. The molecule has 1 amide bonds. The molecule has 0 spiro atoms. The molecule has 0 aliphatic heterocycles. The van der Waals surface area contributed by atoms with Gasteiger partial charge < -0.3 is 14.6 Å². The third kappa shape index (κ3) is 3.58. The van der Waals surface area contributed by atoms with Crippen LogP contribution in [0.25, 0.3) is 10.9 Å². The Morgan fingerprint density at radius 3 is 2.13 bits per heavy atom. The number of fused-ring (bicyclic) bond motifs is 1. The van der Waals surface area contributed by atoms with E-state index in [-0.39, 0.29) is 11.3 Å². The maximum absolute atomic E-state index is 13.1. The number of benzene rings is 3.